The number of nitrogens with zero attached hydrogens (tertiary/aromatic N) is 1. The van der Waals surface area contributed by atoms with Crippen LogP contribution in [0.25, 0.3) is 6.08 Å². The summed E-state index contributed by atoms with van der Waals surface area (Å²) in [6.07, 6.45) is 3.73. The smallest absolute Gasteiger partial charge is 0.176 e. The van der Waals surface area contributed by atoms with Crippen molar-refractivity contribution in [2.75, 3.05) is 11.6 Å². The lowest BCUT2D eigenvalue weighted by molar-refractivity contribution is 0.0831. The van der Waals surface area contributed by atoms with Crippen molar-refractivity contribution in [1.82, 2.24) is 4.90 Å². The second-order valence-corrected chi connectivity index (χ2v) is 5.60. The molecule has 3 aliphatic rings. The number of hydrogen-bond donors (Lipinski definition) is 0. The second kappa shape index (κ2) is 3.28. The lowest BCUT2D eigenvalue weighted by Gasteiger charge is -2.28. The Morgan fingerprint density at radius 1 is 1.31 bits per heavy atom. The summed E-state index contributed by atoms with van der Waals surface area (Å²) >= 11 is 2.02. The van der Waals surface area contributed by atoms with Gasteiger partial charge in [-0.2, -0.15) is 0 Å². The third-order valence-corrected chi connectivity index (χ3v) is 4.71. The normalized spacial score (nSPS) is 31.4. The molecule has 1 aromatic rings. The molecule has 16 heavy (non-hydrogen) atoms. The molecule has 1 aromatic carbocycles. The van der Waals surface area contributed by atoms with Gasteiger partial charge in [0.05, 0.1) is 0 Å². The van der Waals surface area contributed by atoms with Crippen molar-refractivity contribution < 1.29 is 4.74 Å². The maximum absolute atomic E-state index is 6.11. The minimum absolute atomic E-state index is 0.217. The molecule has 3 heterocycles. The molecule has 0 unspecified atom stereocenters. The van der Waals surface area contributed by atoms with Crippen LogP contribution < -0.4 is 4.74 Å². The zero-order valence-corrected chi connectivity index (χ0v) is 9.74. The average Bonchev–Trinajstić information content (AvgIpc) is 2.86. The topological polar surface area (TPSA) is 12.5 Å². The summed E-state index contributed by atoms with van der Waals surface area (Å²) in [4.78, 5) is 2.49. The van der Waals surface area contributed by atoms with Crippen molar-refractivity contribution in [1.29, 1.82) is 0 Å². The van der Waals surface area contributed by atoms with E-state index in [1.54, 1.807) is 0 Å². The average molecular weight is 231 g/mol. The minimum Gasteiger partial charge on any atom is -0.471 e. The fourth-order valence-electron chi connectivity index (χ4n) is 2.82. The van der Waals surface area contributed by atoms with Crippen LogP contribution >= 0.6 is 11.8 Å². The van der Waals surface area contributed by atoms with Gasteiger partial charge < -0.3 is 4.74 Å². The predicted molar refractivity (Wildman–Crippen MR) is 66.4 cm³/mol. The van der Waals surface area contributed by atoms with Crippen molar-refractivity contribution >= 4 is 17.8 Å². The third-order valence-electron chi connectivity index (χ3n) is 3.61. The van der Waals surface area contributed by atoms with Crippen LogP contribution in [0.5, 0.6) is 5.75 Å². The summed E-state index contributed by atoms with van der Waals surface area (Å²) < 4.78 is 6.11. The van der Waals surface area contributed by atoms with Gasteiger partial charge in [0.1, 0.15) is 5.75 Å². The Balaban J connectivity index is 1.77. The van der Waals surface area contributed by atoms with Crippen molar-refractivity contribution in [2.24, 2.45) is 0 Å². The van der Waals surface area contributed by atoms with Gasteiger partial charge in [-0.05, 0) is 24.1 Å². The van der Waals surface area contributed by atoms with E-state index in [0.717, 1.165) is 11.6 Å². The second-order valence-electron chi connectivity index (χ2n) is 4.60. The van der Waals surface area contributed by atoms with E-state index < -0.39 is 0 Å². The molecule has 0 bridgehead atoms. The van der Waals surface area contributed by atoms with Gasteiger partial charge in [-0.1, -0.05) is 18.2 Å². The fourth-order valence-corrected chi connectivity index (χ4v) is 4.06. The van der Waals surface area contributed by atoms with E-state index in [1.165, 1.54) is 23.3 Å². The van der Waals surface area contributed by atoms with Crippen LogP contribution in [0.2, 0.25) is 0 Å². The first-order valence-corrected chi connectivity index (χ1v) is 6.87. The van der Waals surface area contributed by atoms with E-state index in [9.17, 15) is 0 Å². The molecule has 82 valence electrons. The Labute approximate surface area is 99.3 Å². The monoisotopic (exact) mass is 231 g/mol. The number of thioether (sulfide) groups is 1. The molecule has 3 heteroatoms. The summed E-state index contributed by atoms with van der Waals surface area (Å²) in [6.45, 7) is 0. The van der Waals surface area contributed by atoms with E-state index in [2.05, 4.69) is 29.2 Å². The molecule has 2 nitrogen and oxygen atoms in total. The van der Waals surface area contributed by atoms with Crippen LogP contribution in [0.3, 0.4) is 0 Å². The maximum atomic E-state index is 6.11. The summed E-state index contributed by atoms with van der Waals surface area (Å²) in [5.74, 6) is 3.41. The lowest BCUT2D eigenvalue weighted by Crippen LogP contribution is -2.37. The zero-order chi connectivity index (χ0) is 10.5. The molecular weight excluding hydrogens is 218 g/mol. The van der Waals surface area contributed by atoms with Gasteiger partial charge in [0.25, 0.3) is 0 Å². The minimum atomic E-state index is 0.217. The van der Waals surface area contributed by atoms with Gasteiger partial charge in [-0.25, -0.2) is 0 Å². The standard InChI is InChI=1S/C13H13NOS/c1-2-4-12-9(3-1)5-10-6-11-7-16-8-14(11)13(10)15-12/h1-5,11,13H,6-8H2/t11-,13+/m0/s1. The summed E-state index contributed by atoms with van der Waals surface area (Å²) in [5, 5.41) is 0. The Bertz CT molecular complexity index is 471. The van der Waals surface area contributed by atoms with Crippen LogP contribution in [-0.2, 0) is 0 Å². The zero-order valence-electron chi connectivity index (χ0n) is 8.93. The van der Waals surface area contributed by atoms with E-state index in [-0.39, 0.29) is 6.23 Å². The Hall–Kier alpha value is -0.930. The molecule has 2 fully saturated rings. The molecule has 0 N–H and O–H groups in total. The van der Waals surface area contributed by atoms with Crippen molar-refractivity contribution in [2.45, 2.75) is 18.7 Å². The van der Waals surface area contributed by atoms with Gasteiger partial charge in [0, 0.05) is 23.2 Å². The molecule has 4 rings (SSSR count). The summed E-state index contributed by atoms with van der Waals surface area (Å²) in [7, 11) is 0. The van der Waals surface area contributed by atoms with Crippen LogP contribution in [0.15, 0.2) is 29.8 Å². The van der Waals surface area contributed by atoms with Gasteiger partial charge >= 0.3 is 0 Å². The van der Waals surface area contributed by atoms with Crippen molar-refractivity contribution in [3.8, 4) is 5.75 Å². The van der Waals surface area contributed by atoms with Crippen LogP contribution in [0, 0.1) is 0 Å². The molecule has 0 radical (unpaired) electrons. The highest BCUT2D eigenvalue weighted by molar-refractivity contribution is 7.99. The number of rotatable bonds is 0. The molecule has 0 aliphatic carbocycles. The van der Waals surface area contributed by atoms with Gasteiger partial charge in [0.15, 0.2) is 6.23 Å². The van der Waals surface area contributed by atoms with E-state index in [0.29, 0.717) is 6.04 Å². The first-order chi connectivity index (χ1) is 7.92. The van der Waals surface area contributed by atoms with E-state index in [4.69, 9.17) is 4.74 Å². The molecule has 2 saturated heterocycles. The molecule has 0 amide bonds. The van der Waals surface area contributed by atoms with Gasteiger partial charge in [-0.3, -0.25) is 4.90 Å². The Morgan fingerprint density at radius 2 is 2.25 bits per heavy atom. The van der Waals surface area contributed by atoms with E-state index in [1.807, 2.05) is 17.8 Å². The van der Waals surface area contributed by atoms with Gasteiger partial charge in [0.2, 0.25) is 0 Å². The predicted octanol–water partition coefficient (Wildman–Crippen LogP) is 2.57. The Kier molecular flexibility index (Phi) is 1.87. The lowest BCUT2D eigenvalue weighted by atomic mass is 10.0. The SMILES string of the molecule is C1=C2C[C@H]3CSCN3[C@@H]2Oc2ccccc21. The number of para-hydroxylation sites is 1. The van der Waals surface area contributed by atoms with Crippen LogP contribution in [0.1, 0.15) is 12.0 Å². The first kappa shape index (κ1) is 9.14. The summed E-state index contributed by atoms with van der Waals surface area (Å²) in [6, 6.07) is 9.03. The highest BCUT2D eigenvalue weighted by Gasteiger charge is 2.43. The highest BCUT2D eigenvalue weighted by Crippen LogP contribution is 2.42. The fraction of sp³-hybridized carbons (Fsp3) is 0.385. The molecule has 0 saturated carbocycles. The van der Waals surface area contributed by atoms with Crippen LogP contribution in [-0.4, -0.2) is 28.8 Å². The highest BCUT2D eigenvalue weighted by atomic mass is 32.2. The van der Waals surface area contributed by atoms with Crippen molar-refractivity contribution in [3.63, 3.8) is 0 Å². The quantitative estimate of drug-likeness (QED) is 0.681. The largest absolute Gasteiger partial charge is 0.471 e. The molecule has 0 spiro atoms. The molecular formula is C13H13NOS. The third kappa shape index (κ3) is 1.19. The number of benzene rings is 1. The number of hydrogen-bond acceptors (Lipinski definition) is 3. The molecule has 2 atom stereocenters. The first-order valence-electron chi connectivity index (χ1n) is 5.71. The number of fused-ring (bicyclic) bond motifs is 4. The van der Waals surface area contributed by atoms with Gasteiger partial charge in [-0.15, -0.1) is 11.8 Å². The molecule has 0 aromatic heterocycles. The summed E-state index contributed by atoms with van der Waals surface area (Å²) in [5.41, 5.74) is 2.70. The maximum Gasteiger partial charge on any atom is 0.176 e. The Morgan fingerprint density at radius 3 is 3.25 bits per heavy atom. The van der Waals surface area contributed by atoms with Crippen molar-refractivity contribution in [3.05, 3.63) is 35.4 Å². The molecule has 3 aliphatic heterocycles. The number of ether oxygens (including phenoxy) is 1. The van der Waals surface area contributed by atoms with E-state index >= 15 is 0 Å². The van der Waals surface area contributed by atoms with Crippen LogP contribution in [0.4, 0.5) is 0 Å².